The van der Waals surface area contributed by atoms with E-state index >= 15 is 0 Å². The molecule has 4 rings (SSSR count). The number of benzene rings is 1. The SMILES string of the molecule is CC(NC1CC(N)c2ccccc21)c1nnc2n1CCCCC2. The van der Waals surface area contributed by atoms with Crippen molar-refractivity contribution in [2.45, 2.75) is 63.7 Å². The third-order valence-electron chi connectivity index (χ3n) is 5.24. The fourth-order valence-electron chi connectivity index (χ4n) is 4.04. The highest BCUT2D eigenvalue weighted by atomic mass is 15.3. The second kappa shape index (κ2) is 6.06. The molecule has 3 unspecified atom stereocenters. The van der Waals surface area contributed by atoms with Gasteiger partial charge in [0.05, 0.1) is 6.04 Å². The third-order valence-corrected chi connectivity index (χ3v) is 5.24. The molecule has 0 saturated heterocycles. The summed E-state index contributed by atoms with van der Waals surface area (Å²) in [7, 11) is 0. The Morgan fingerprint density at radius 2 is 2.00 bits per heavy atom. The second-order valence-corrected chi connectivity index (χ2v) is 6.85. The summed E-state index contributed by atoms with van der Waals surface area (Å²) in [6.07, 6.45) is 5.74. The summed E-state index contributed by atoms with van der Waals surface area (Å²) in [5.74, 6) is 2.22. The van der Waals surface area contributed by atoms with Crippen LogP contribution >= 0.6 is 0 Å². The van der Waals surface area contributed by atoms with E-state index in [4.69, 9.17) is 5.73 Å². The Balaban J connectivity index is 1.55. The zero-order chi connectivity index (χ0) is 15.8. The molecule has 1 aliphatic heterocycles. The molecule has 0 saturated carbocycles. The van der Waals surface area contributed by atoms with E-state index in [0.29, 0.717) is 6.04 Å². The van der Waals surface area contributed by atoms with E-state index in [2.05, 4.69) is 51.3 Å². The van der Waals surface area contributed by atoms with Gasteiger partial charge in [-0.05, 0) is 37.3 Å². The van der Waals surface area contributed by atoms with Crippen molar-refractivity contribution in [1.82, 2.24) is 20.1 Å². The quantitative estimate of drug-likeness (QED) is 0.914. The number of nitrogens with zero attached hydrogens (tertiary/aromatic N) is 3. The zero-order valence-corrected chi connectivity index (χ0v) is 13.7. The molecule has 5 nitrogen and oxygen atoms in total. The first-order valence-electron chi connectivity index (χ1n) is 8.76. The summed E-state index contributed by atoms with van der Waals surface area (Å²) < 4.78 is 2.32. The van der Waals surface area contributed by atoms with Gasteiger partial charge >= 0.3 is 0 Å². The molecule has 23 heavy (non-hydrogen) atoms. The molecule has 1 aromatic carbocycles. The number of aryl methyl sites for hydroxylation is 1. The lowest BCUT2D eigenvalue weighted by atomic mass is 10.1. The van der Waals surface area contributed by atoms with E-state index in [-0.39, 0.29) is 12.1 Å². The van der Waals surface area contributed by atoms with Crippen LogP contribution in [0.2, 0.25) is 0 Å². The van der Waals surface area contributed by atoms with E-state index < -0.39 is 0 Å². The molecule has 3 atom stereocenters. The third kappa shape index (κ3) is 2.68. The Hall–Kier alpha value is -1.72. The number of fused-ring (bicyclic) bond motifs is 2. The van der Waals surface area contributed by atoms with Gasteiger partial charge in [-0.15, -0.1) is 10.2 Å². The lowest BCUT2D eigenvalue weighted by molar-refractivity contribution is 0.419. The molecule has 3 N–H and O–H groups in total. The van der Waals surface area contributed by atoms with Gasteiger partial charge in [0.15, 0.2) is 0 Å². The zero-order valence-electron chi connectivity index (χ0n) is 13.7. The molecule has 1 aromatic heterocycles. The van der Waals surface area contributed by atoms with Crippen LogP contribution in [0.5, 0.6) is 0 Å². The summed E-state index contributed by atoms with van der Waals surface area (Å²) >= 11 is 0. The molecule has 0 spiro atoms. The van der Waals surface area contributed by atoms with E-state index in [1.807, 2.05) is 0 Å². The van der Waals surface area contributed by atoms with Crippen LogP contribution in [0, 0.1) is 0 Å². The summed E-state index contributed by atoms with van der Waals surface area (Å²) in [4.78, 5) is 0. The summed E-state index contributed by atoms with van der Waals surface area (Å²) in [5.41, 5.74) is 8.90. The van der Waals surface area contributed by atoms with Crippen LogP contribution in [-0.2, 0) is 13.0 Å². The average Bonchev–Trinajstić information content (AvgIpc) is 3.01. The van der Waals surface area contributed by atoms with Crippen molar-refractivity contribution in [1.29, 1.82) is 0 Å². The molecule has 0 fully saturated rings. The van der Waals surface area contributed by atoms with Gasteiger partial charge in [-0.3, -0.25) is 0 Å². The van der Waals surface area contributed by atoms with Crippen LogP contribution in [0.1, 0.15) is 73.5 Å². The molecule has 0 radical (unpaired) electrons. The van der Waals surface area contributed by atoms with E-state index in [1.54, 1.807) is 0 Å². The predicted molar refractivity (Wildman–Crippen MR) is 89.9 cm³/mol. The van der Waals surface area contributed by atoms with Crippen molar-refractivity contribution in [2.24, 2.45) is 5.73 Å². The van der Waals surface area contributed by atoms with Crippen molar-refractivity contribution in [3.8, 4) is 0 Å². The lowest BCUT2D eigenvalue weighted by Crippen LogP contribution is -2.26. The predicted octanol–water partition coefficient (Wildman–Crippen LogP) is 2.80. The average molecular weight is 311 g/mol. The first-order chi connectivity index (χ1) is 11.2. The molecule has 0 bridgehead atoms. The van der Waals surface area contributed by atoms with Crippen LogP contribution in [0.3, 0.4) is 0 Å². The molecule has 5 heteroatoms. The van der Waals surface area contributed by atoms with Gasteiger partial charge in [-0.1, -0.05) is 30.7 Å². The maximum atomic E-state index is 6.29. The fraction of sp³-hybridized carbons (Fsp3) is 0.556. The number of aromatic nitrogens is 3. The molecule has 2 aromatic rings. The molecule has 2 aliphatic rings. The van der Waals surface area contributed by atoms with Crippen molar-refractivity contribution < 1.29 is 0 Å². The normalized spacial score (nSPS) is 24.8. The standard InChI is InChI=1S/C18H25N5/c1-12(18-22-21-17-9-3-2-6-10-23(17)18)20-16-11-15(19)13-7-4-5-8-14(13)16/h4-5,7-8,12,15-16,20H,2-3,6,9-11,19H2,1H3. The van der Waals surface area contributed by atoms with Crippen LogP contribution < -0.4 is 11.1 Å². The largest absolute Gasteiger partial charge is 0.324 e. The smallest absolute Gasteiger partial charge is 0.149 e. The van der Waals surface area contributed by atoms with Crippen LogP contribution in [0.4, 0.5) is 0 Å². The highest BCUT2D eigenvalue weighted by Gasteiger charge is 2.30. The number of hydrogen-bond acceptors (Lipinski definition) is 4. The monoisotopic (exact) mass is 311 g/mol. The maximum Gasteiger partial charge on any atom is 0.149 e. The van der Waals surface area contributed by atoms with Crippen molar-refractivity contribution in [3.63, 3.8) is 0 Å². The van der Waals surface area contributed by atoms with Crippen molar-refractivity contribution >= 4 is 0 Å². The van der Waals surface area contributed by atoms with Crippen LogP contribution in [-0.4, -0.2) is 14.8 Å². The minimum Gasteiger partial charge on any atom is -0.324 e. The van der Waals surface area contributed by atoms with Crippen molar-refractivity contribution in [3.05, 3.63) is 47.0 Å². The van der Waals surface area contributed by atoms with E-state index in [9.17, 15) is 0 Å². The first kappa shape index (κ1) is 14.8. The number of hydrogen-bond donors (Lipinski definition) is 2. The minimum atomic E-state index is 0.131. The number of nitrogens with one attached hydrogen (secondary N) is 1. The second-order valence-electron chi connectivity index (χ2n) is 6.85. The van der Waals surface area contributed by atoms with E-state index in [1.165, 1.54) is 30.4 Å². The summed E-state index contributed by atoms with van der Waals surface area (Å²) in [6.45, 7) is 3.24. The molecule has 1 aliphatic carbocycles. The highest BCUT2D eigenvalue weighted by molar-refractivity contribution is 5.37. The molecule has 2 heterocycles. The Kier molecular flexibility index (Phi) is 3.91. The highest BCUT2D eigenvalue weighted by Crippen LogP contribution is 2.38. The molecule has 122 valence electrons. The Morgan fingerprint density at radius 1 is 1.17 bits per heavy atom. The Labute approximate surface area is 137 Å². The van der Waals surface area contributed by atoms with Gasteiger partial charge in [0, 0.05) is 25.0 Å². The topological polar surface area (TPSA) is 68.8 Å². The number of rotatable bonds is 3. The van der Waals surface area contributed by atoms with Gasteiger partial charge in [-0.25, -0.2) is 0 Å². The Bertz CT molecular complexity index is 692. The first-order valence-corrected chi connectivity index (χ1v) is 8.76. The van der Waals surface area contributed by atoms with Gasteiger partial charge < -0.3 is 15.6 Å². The summed E-state index contributed by atoms with van der Waals surface area (Å²) in [5, 5.41) is 12.6. The summed E-state index contributed by atoms with van der Waals surface area (Å²) in [6, 6.07) is 9.12. The minimum absolute atomic E-state index is 0.131. The van der Waals surface area contributed by atoms with Crippen molar-refractivity contribution in [2.75, 3.05) is 0 Å². The lowest BCUT2D eigenvalue weighted by Gasteiger charge is -2.21. The van der Waals surface area contributed by atoms with Gasteiger partial charge in [0.2, 0.25) is 0 Å². The van der Waals surface area contributed by atoms with Crippen LogP contribution in [0.25, 0.3) is 0 Å². The fourth-order valence-corrected chi connectivity index (χ4v) is 4.04. The van der Waals surface area contributed by atoms with Gasteiger partial charge in [-0.2, -0.15) is 0 Å². The molecular formula is C18H25N5. The maximum absolute atomic E-state index is 6.29. The van der Waals surface area contributed by atoms with Gasteiger partial charge in [0.1, 0.15) is 11.6 Å². The Morgan fingerprint density at radius 3 is 2.87 bits per heavy atom. The van der Waals surface area contributed by atoms with Crippen LogP contribution in [0.15, 0.2) is 24.3 Å². The van der Waals surface area contributed by atoms with E-state index in [0.717, 1.165) is 31.0 Å². The molecular weight excluding hydrogens is 286 g/mol. The molecule has 0 amide bonds. The number of nitrogens with two attached hydrogens (primary N) is 1. The van der Waals surface area contributed by atoms with Gasteiger partial charge in [0.25, 0.3) is 0 Å².